The van der Waals surface area contributed by atoms with Crippen molar-refractivity contribution in [3.05, 3.63) is 28.6 Å². The van der Waals surface area contributed by atoms with Gasteiger partial charge in [-0.05, 0) is 11.4 Å². The van der Waals surface area contributed by atoms with E-state index in [1.807, 2.05) is 17.5 Å². The molecule has 2 N–H and O–H groups in total. The molecule has 0 atom stereocenters. The van der Waals surface area contributed by atoms with Crippen LogP contribution in [0.3, 0.4) is 0 Å². The number of amides is 2. The van der Waals surface area contributed by atoms with Crippen LogP contribution in [-0.2, 0) is 6.54 Å². The van der Waals surface area contributed by atoms with Crippen LogP contribution in [-0.4, -0.2) is 15.6 Å². The Hall–Kier alpha value is -1.47. The summed E-state index contributed by atoms with van der Waals surface area (Å²) in [7, 11) is 0. The van der Waals surface area contributed by atoms with Crippen LogP contribution in [0.5, 0.6) is 0 Å². The number of carbonyl (C=O) groups is 1. The van der Waals surface area contributed by atoms with Crippen LogP contribution in [0.1, 0.15) is 4.88 Å². The Morgan fingerprint density at radius 1 is 1.53 bits per heavy atom. The van der Waals surface area contributed by atoms with Crippen LogP contribution < -0.4 is 10.6 Å². The van der Waals surface area contributed by atoms with Crippen LogP contribution in [0.2, 0.25) is 0 Å². The topological polar surface area (TPSA) is 66.9 Å². The lowest BCUT2D eigenvalue weighted by molar-refractivity contribution is 0.252. The van der Waals surface area contributed by atoms with Gasteiger partial charge < -0.3 is 5.32 Å². The SMILES string of the molecule is O=C(NCc1cccs1)Nc1cnns1. The number of thiophene rings is 1. The van der Waals surface area contributed by atoms with E-state index in [0.29, 0.717) is 11.5 Å². The highest BCUT2D eigenvalue weighted by atomic mass is 32.1. The molecule has 0 spiro atoms. The van der Waals surface area contributed by atoms with Crippen LogP contribution in [0.15, 0.2) is 23.7 Å². The summed E-state index contributed by atoms with van der Waals surface area (Å²) in [5.74, 6) is 0. The molecule has 0 aliphatic carbocycles. The quantitative estimate of drug-likeness (QED) is 0.861. The molecule has 2 rings (SSSR count). The highest BCUT2D eigenvalue weighted by Gasteiger charge is 2.03. The number of nitrogens with one attached hydrogen (secondary N) is 2. The second-order valence-corrected chi connectivity index (χ2v) is 4.49. The van der Waals surface area contributed by atoms with Crippen molar-refractivity contribution < 1.29 is 4.79 Å². The van der Waals surface area contributed by atoms with Crippen molar-refractivity contribution in [3.63, 3.8) is 0 Å². The van der Waals surface area contributed by atoms with Crippen LogP contribution in [0.25, 0.3) is 0 Å². The first-order valence-electron chi connectivity index (χ1n) is 4.19. The fourth-order valence-corrected chi connectivity index (χ4v) is 2.02. The van der Waals surface area contributed by atoms with E-state index in [0.717, 1.165) is 16.4 Å². The second kappa shape index (κ2) is 4.85. The van der Waals surface area contributed by atoms with Crippen molar-refractivity contribution in [2.75, 3.05) is 5.32 Å². The number of carbonyl (C=O) groups excluding carboxylic acids is 1. The fourth-order valence-electron chi connectivity index (χ4n) is 0.959. The third kappa shape index (κ3) is 3.00. The number of rotatable bonds is 3. The average molecular weight is 240 g/mol. The van der Waals surface area contributed by atoms with Gasteiger partial charge in [0, 0.05) is 16.4 Å². The molecule has 0 radical (unpaired) electrons. The Morgan fingerprint density at radius 2 is 2.47 bits per heavy atom. The molecule has 78 valence electrons. The second-order valence-electron chi connectivity index (χ2n) is 2.67. The first-order chi connectivity index (χ1) is 7.34. The summed E-state index contributed by atoms with van der Waals surface area (Å²) in [5.41, 5.74) is 0. The first-order valence-corrected chi connectivity index (χ1v) is 5.84. The van der Waals surface area contributed by atoms with Crippen LogP contribution in [0, 0.1) is 0 Å². The Bertz CT molecular complexity index is 412. The number of nitrogens with zero attached hydrogens (tertiary/aromatic N) is 2. The monoisotopic (exact) mass is 240 g/mol. The highest BCUT2D eigenvalue weighted by molar-refractivity contribution is 7.10. The molecule has 0 saturated heterocycles. The molecule has 2 aromatic rings. The Balaban J connectivity index is 1.78. The maximum absolute atomic E-state index is 11.3. The molecule has 0 aliphatic heterocycles. The summed E-state index contributed by atoms with van der Waals surface area (Å²) < 4.78 is 3.64. The Morgan fingerprint density at radius 3 is 3.13 bits per heavy atom. The van der Waals surface area contributed by atoms with Crippen molar-refractivity contribution in [3.8, 4) is 0 Å². The molecule has 0 unspecified atom stereocenters. The molecule has 2 amide bonds. The standard InChI is InChI=1S/C8H8N4OS2/c13-8(11-7-5-10-12-15-7)9-4-6-2-1-3-14-6/h1-3,5H,4H2,(H2,9,11,13). The number of aromatic nitrogens is 2. The lowest BCUT2D eigenvalue weighted by Gasteiger charge is -2.02. The minimum absolute atomic E-state index is 0.241. The summed E-state index contributed by atoms with van der Waals surface area (Å²) in [4.78, 5) is 12.5. The van der Waals surface area contributed by atoms with E-state index in [-0.39, 0.29) is 6.03 Å². The van der Waals surface area contributed by atoms with Gasteiger partial charge in [-0.3, -0.25) is 5.32 Å². The van der Waals surface area contributed by atoms with Crippen molar-refractivity contribution in [2.24, 2.45) is 0 Å². The van der Waals surface area contributed by atoms with Crippen molar-refractivity contribution >= 4 is 33.9 Å². The molecule has 15 heavy (non-hydrogen) atoms. The van der Waals surface area contributed by atoms with Gasteiger partial charge in [0.25, 0.3) is 0 Å². The van der Waals surface area contributed by atoms with Gasteiger partial charge in [0.1, 0.15) is 5.00 Å². The van der Waals surface area contributed by atoms with E-state index in [1.54, 1.807) is 11.3 Å². The molecule has 7 heteroatoms. The number of hydrogen-bond donors (Lipinski definition) is 2. The van der Waals surface area contributed by atoms with Crippen LogP contribution in [0.4, 0.5) is 9.80 Å². The van der Waals surface area contributed by atoms with Gasteiger partial charge >= 0.3 is 6.03 Å². The predicted octanol–water partition coefficient (Wildman–Crippen LogP) is 1.92. The van der Waals surface area contributed by atoms with Gasteiger partial charge in [-0.1, -0.05) is 10.6 Å². The van der Waals surface area contributed by atoms with Gasteiger partial charge in [-0.15, -0.1) is 16.4 Å². The van der Waals surface area contributed by atoms with E-state index in [1.165, 1.54) is 6.20 Å². The predicted molar refractivity (Wildman–Crippen MR) is 60.1 cm³/mol. The summed E-state index contributed by atoms with van der Waals surface area (Å²) in [5, 5.41) is 11.6. The van der Waals surface area contributed by atoms with E-state index < -0.39 is 0 Å². The average Bonchev–Trinajstić information content (AvgIpc) is 2.86. The zero-order chi connectivity index (χ0) is 10.5. The van der Waals surface area contributed by atoms with Gasteiger partial charge in [0.2, 0.25) is 0 Å². The summed E-state index contributed by atoms with van der Waals surface area (Å²) in [6, 6.07) is 3.68. The smallest absolute Gasteiger partial charge is 0.320 e. The normalized spacial score (nSPS) is 9.87. The molecule has 2 aromatic heterocycles. The maximum atomic E-state index is 11.3. The van der Waals surface area contributed by atoms with E-state index >= 15 is 0 Å². The first kappa shape index (κ1) is 10.1. The lowest BCUT2D eigenvalue weighted by atomic mass is 10.5. The summed E-state index contributed by atoms with van der Waals surface area (Å²) >= 11 is 2.75. The van der Waals surface area contributed by atoms with Gasteiger partial charge in [0.05, 0.1) is 12.7 Å². The number of urea groups is 1. The molecule has 0 saturated carbocycles. The molecule has 0 fully saturated rings. The Labute approximate surface area is 94.3 Å². The van der Waals surface area contributed by atoms with E-state index in [9.17, 15) is 4.79 Å². The zero-order valence-electron chi connectivity index (χ0n) is 7.64. The highest BCUT2D eigenvalue weighted by Crippen LogP contribution is 2.09. The third-order valence-electron chi connectivity index (χ3n) is 1.60. The molecule has 0 aromatic carbocycles. The molecule has 2 heterocycles. The molecule has 0 aliphatic rings. The van der Waals surface area contributed by atoms with Crippen molar-refractivity contribution in [2.45, 2.75) is 6.54 Å². The lowest BCUT2D eigenvalue weighted by Crippen LogP contribution is -2.27. The molecule has 0 bridgehead atoms. The van der Waals surface area contributed by atoms with E-state index in [2.05, 4.69) is 20.2 Å². The zero-order valence-corrected chi connectivity index (χ0v) is 9.27. The maximum Gasteiger partial charge on any atom is 0.320 e. The number of anilines is 1. The van der Waals surface area contributed by atoms with Crippen LogP contribution >= 0.6 is 22.9 Å². The van der Waals surface area contributed by atoms with Crippen molar-refractivity contribution in [1.82, 2.24) is 14.9 Å². The minimum Gasteiger partial charge on any atom is -0.333 e. The largest absolute Gasteiger partial charge is 0.333 e. The summed E-state index contributed by atoms with van der Waals surface area (Å²) in [6.07, 6.45) is 1.51. The summed E-state index contributed by atoms with van der Waals surface area (Å²) in [6.45, 7) is 0.537. The fraction of sp³-hybridized carbons (Fsp3) is 0.125. The van der Waals surface area contributed by atoms with Gasteiger partial charge in [-0.25, -0.2) is 4.79 Å². The molecular weight excluding hydrogens is 232 g/mol. The van der Waals surface area contributed by atoms with Gasteiger partial charge in [-0.2, -0.15) is 0 Å². The third-order valence-corrected chi connectivity index (χ3v) is 3.06. The molecular formula is C8H8N4OS2. The Kier molecular flexibility index (Phi) is 3.25. The minimum atomic E-state index is -0.241. The van der Waals surface area contributed by atoms with Crippen molar-refractivity contribution in [1.29, 1.82) is 0 Å². The number of hydrogen-bond acceptors (Lipinski definition) is 5. The van der Waals surface area contributed by atoms with Gasteiger partial charge in [0.15, 0.2) is 0 Å². The van der Waals surface area contributed by atoms with E-state index in [4.69, 9.17) is 0 Å². The molecule has 5 nitrogen and oxygen atoms in total.